The first-order valence-corrected chi connectivity index (χ1v) is 8.22. The van der Waals surface area contributed by atoms with E-state index in [1.54, 1.807) is 42.7 Å². The van der Waals surface area contributed by atoms with Crippen molar-refractivity contribution >= 4 is 73.5 Å². The van der Waals surface area contributed by atoms with Crippen LogP contribution in [0.4, 0.5) is 5.69 Å². The number of carbonyl (C=O) groups is 1. The molecule has 1 aliphatic heterocycles. The van der Waals surface area contributed by atoms with Crippen LogP contribution in [0.5, 0.6) is 0 Å². The van der Waals surface area contributed by atoms with Crippen molar-refractivity contribution in [1.82, 2.24) is 0 Å². The predicted octanol–water partition coefficient (Wildman–Crippen LogP) is 5.10. The molecule has 7 heteroatoms. The largest absolute Gasteiger partial charge is 0.465 e. The molecule has 21 heavy (non-hydrogen) atoms. The second-order valence-electron chi connectivity index (χ2n) is 4.13. The van der Waals surface area contributed by atoms with Gasteiger partial charge in [-0.3, -0.25) is 9.69 Å². The van der Waals surface area contributed by atoms with Crippen molar-refractivity contribution in [2.45, 2.75) is 0 Å². The molecule has 0 spiro atoms. The summed E-state index contributed by atoms with van der Waals surface area (Å²) in [5.41, 5.74) is 0.647. The lowest BCUT2D eigenvalue weighted by Crippen LogP contribution is -2.27. The number of thioether (sulfide) groups is 1. The second-order valence-corrected chi connectivity index (χ2v) is 7.07. The number of hydrogen-bond donors (Lipinski definition) is 0. The molecule has 1 aromatic heterocycles. The fourth-order valence-corrected chi connectivity index (χ4v) is 3.52. The molecule has 3 nitrogen and oxygen atoms in total. The zero-order valence-corrected chi connectivity index (χ0v) is 14.4. The number of halogens is 2. The summed E-state index contributed by atoms with van der Waals surface area (Å²) in [4.78, 5) is 14.5. The molecule has 3 rings (SSSR count). The van der Waals surface area contributed by atoms with E-state index in [0.717, 1.165) is 4.47 Å². The van der Waals surface area contributed by atoms with Crippen molar-refractivity contribution < 1.29 is 9.21 Å². The van der Waals surface area contributed by atoms with Crippen LogP contribution in [0.1, 0.15) is 5.76 Å². The van der Waals surface area contributed by atoms with E-state index in [4.69, 9.17) is 28.2 Å². The summed E-state index contributed by atoms with van der Waals surface area (Å²) >= 11 is 15.9. The van der Waals surface area contributed by atoms with E-state index in [9.17, 15) is 4.79 Å². The Bertz CT molecular complexity index is 758. The number of furan rings is 1. The van der Waals surface area contributed by atoms with Crippen molar-refractivity contribution in [3.63, 3.8) is 0 Å². The van der Waals surface area contributed by atoms with Crippen molar-refractivity contribution in [3.05, 3.63) is 56.8 Å². The quantitative estimate of drug-likeness (QED) is 0.518. The summed E-state index contributed by atoms with van der Waals surface area (Å²) in [6, 6.07) is 8.82. The normalized spacial score (nSPS) is 17.0. The van der Waals surface area contributed by atoms with Gasteiger partial charge in [0.05, 0.1) is 21.9 Å². The maximum Gasteiger partial charge on any atom is 0.270 e. The molecule has 106 valence electrons. The summed E-state index contributed by atoms with van der Waals surface area (Å²) in [5, 5.41) is 0.525. The molecule has 0 atom stereocenters. The summed E-state index contributed by atoms with van der Waals surface area (Å²) in [6.07, 6.45) is 3.24. The molecule has 0 saturated carbocycles. The SMILES string of the molecule is O=C1/C(=C\c2ccco2)SC(=S)N1c1ccc(Br)c(Cl)c1. The van der Waals surface area contributed by atoms with Gasteiger partial charge in [-0.05, 0) is 46.3 Å². The Morgan fingerprint density at radius 3 is 2.86 bits per heavy atom. The lowest BCUT2D eigenvalue weighted by Gasteiger charge is -2.15. The van der Waals surface area contributed by atoms with Crippen molar-refractivity contribution in [2.75, 3.05) is 4.90 Å². The maximum absolute atomic E-state index is 12.5. The second kappa shape index (κ2) is 5.96. The summed E-state index contributed by atoms with van der Waals surface area (Å²) in [7, 11) is 0. The molecule has 0 radical (unpaired) electrons. The third-order valence-electron chi connectivity index (χ3n) is 2.77. The Morgan fingerprint density at radius 1 is 1.38 bits per heavy atom. The van der Waals surface area contributed by atoms with E-state index in [0.29, 0.717) is 25.7 Å². The Kier molecular flexibility index (Phi) is 4.21. The third-order valence-corrected chi connectivity index (χ3v) is 5.31. The van der Waals surface area contributed by atoms with Crippen LogP contribution < -0.4 is 4.90 Å². The van der Waals surface area contributed by atoms with Crippen LogP contribution in [0.25, 0.3) is 6.08 Å². The minimum atomic E-state index is -0.181. The zero-order valence-electron chi connectivity index (χ0n) is 10.4. The van der Waals surface area contributed by atoms with Gasteiger partial charge in [0.25, 0.3) is 5.91 Å². The summed E-state index contributed by atoms with van der Waals surface area (Å²) in [6.45, 7) is 0. The van der Waals surface area contributed by atoms with Gasteiger partial charge in [-0.1, -0.05) is 35.6 Å². The number of benzene rings is 1. The van der Waals surface area contributed by atoms with Crippen molar-refractivity contribution in [2.24, 2.45) is 0 Å². The number of carbonyl (C=O) groups excluding carboxylic acids is 1. The minimum absolute atomic E-state index is 0.181. The molecular formula is C14H7BrClNO2S2. The van der Waals surface area contributed by atoms with E-state index < -0.39 is 0 Å². The lowest BCUT2D eigenvalue weighted by molar-refractivity contribution is -0.113. The zero-order chi connectivity index (χ0) is 15.0. The van der Waals surface area contributed by atoms with Gasteiger partial charge in [-0.2, -0.15) is 0 Å². The molecule has 1 fully saturated rings. The number of anilines is 1. The molecule has 1 amide bonds. The van der Waals surface area contributed by atoms with Crippen LogP contribution in [0.15, 0.2) is 50.4 Å². The minimum Gasteiger partial charge on any atom is -0.465 e. The summed E-state index contributed by atoms with van der Waals surface area (Å²) in [5.74, 6) is 0.434. The van der Waals surface area contributed by atoms with E-state index in [-0.39, 0.29) is 5.91 Å². The molecule has 1 aromatic carbocycles. The maximum atomic E-state index is 12.5. The van der Waals surface area contributed by atoms with Gasteiger partial charge >= 0.3 is 0 Å². The van der Waals surface area contributed by atoms with Gasteiger partial charge in [0.2, 0.25) is 0 Å². The standard InChI is InChI=1S/C14H7BrClNO2S2/c15-10-4-3-8(6-11(10)16)17-13(18)12(21-14(17)20)7-9-2-1-5-19-9/h1-7H/b12-7+. The highest BCUT2D eigenvalue weighted by molar-refractivity contribution is 9.10. The number of amides is 1. The number of thiocarbonyl (C=S) groups is 1. The average molecular weight is 401 g/mol. The average Bonchev–Trinajstić information content (AvgIpc) is 3.03. The Labute approximate surface area is 144 Å². The highest BCUT2D eigenvalue weighted by Crippen LogP contribution is 2.37. The van der Waals surface area contributed by atoms with E-state index in [2.05, 4.69) is 15.9 Å². The van der Waals surface area contributed by atoms with Crippen molar-refractivity contribution in [1.29, 1.82) is 0 Å². The first-order chi connectivity index (χ1) is 10.1. The number of nitrogens with zero attached hydrogens (tertiary/aromatic N) is 1. The molecule has 2 aromatic rings. The number of hydrogen-bond acceptors (Lipinski definition) is 4. The fraction of sp³-hybridized carbons (Fsp3) is 0. The Hall–Kier alpha value is -1.08. The molecule has 0 bridgehead atoms. The van der Waals surface area contributed by atoms with Crippen LogP contribution in [-0.4, -0.2) is 10.2 Å². The monoisotopic (exact) mass is 399 g/mol. The molecule has 0 N–H and O–H groups in total. The van der Waals surface area contributed by atoms with Crippen LogP contribution in [0.2, 0.25) is 5.02 Å². The predicted molar refractivity (Wildman–Crippen MR) is 93.5 cm³/mol. The van der Waals surface area contributed by atoms with Crippen LogP contribution in [0.3, 0.4) is 0 Å². The van der Waals surface area contributed by atoms with Crippen molar-refractivity contribution in [3.8, 4) is 0 Å². The Balaban J connectivity index is 1.95. The van der Waals surface area contributed by atoms with E-state index in [1.165, 1.54) is 16.7 Å². The topological polar surface area (TPSA) is 33.5 Å². The molecule has 1 saturated heterocycles. The van der Waals surface area contributed by atoms with Gasteiger partial charge in [0.1, 0.15) is 5.76 Å². The fourth-order valence-electron chi connectivity index (χ4n) is 1.82. The van der Waals surface area contributed by atoms with Gasteiger partial charge in [-0.25, -0.2) is 0 Å². The highest BCUT2D eigenvalue weighted by atomic mass is 79.9. The Morgan fingerprint density at radius 2 is 2.19 bits per heavy atom. The summed E-state index contributed by atoms with van der Waals surface area (Å²) < 4.78 is 6.46. The first kappa shape index (κ1) is 14.8. The van der Waals surface area contributed by atoms with Gasteiger partial charge < -0.3 is 4.42 Å². The van der Waals surface area contributed by atoms with E-state index in [1.807, 2.05) is 0 Å². The van der Waals surface area contributed by atoms with Gasteiger partial charge in [0, 0.05) is 10.5 Å². The molecular weight excluding hydrogens is 394 g/mol. The number of rotatable bonds is 2. The molecule has 2 heterocycles. The molecule has 0 unspecified atom stereocenters. The van der Waals surface area contributed by atoms with Crippen LogP contribution >= 0.6 is 51.5 Å². The third kappa shape index (κ3) is 2.94. The van der Waals surface area contributed by atoms with Gasteiger partial charge in [-0.15, -0.1) is 0 Å². The smallest absolute Gasteiger partial charge is 0.270 e. The van der Waals surface area contributed by atoms with Crippen LogP contribution in [-0.2, 0) is 4.79 Å². The van der Waals surface area contributed by atoms with Gasteiger partial charge in [0.15, 0.2) is 4.32 Å². The van der Waals surface area contributed by atoms with E-state index >= 15 is 0 Å². The first-order valence-electron chi connectivity index (χ1n) is 5.83. The highest BCUT2D eigenvalue weighted by Gasteiger charge is 2.33. The molecule has 1 aliphatic rings. The molecule has 0 aliphatic carbocycles. The lowest BCUT2D eigenvalue weighted by atomic mass is 10.3. The van der Waals surface area contributed by atoms with Crippen LogP contribution in [0, 0.1) is 0 Å².